The van der Waals surface area contributed by atoms with Crippen LogP contribution in [-0.4, -0.2) is 22.9 Å². The number of rotatable bonds is 2. The van der Waals surface area contributed by atoms with E-state index in [1.807, 2.05) is 0 Å². The topological polar surface area (TPSA) is 44.1 Å². The fourth-order valence-corrected chi connectivity index (χ4v) is 1.56. The Hall–Kier alpha value is -1.24. The van der Waals surface area contributed by atoms with Gasteiger partial charge in [0.2, 0.25) is 0 Å². The van der Waals surface area contributed by atoms with Crippen LogP contribution in [0.5, 0.6) is 0 Å². The summed E-state index contributed by atoms with van der Waals surface area (Å²) in [6.07, 6.45) is -4.65. The van der Waals surface area contributed by atoms with Gasteiger partial charge in [-0.05, 0) is 13.8 Å². The lowest BCUT2D eigenvalue weighted by atomic mass is 10.3. The molecule has 0 aromatic carbocycles. The van der Waals surface area contributed by atoms with E-state index in [-0.39, 0.29) is 5.69 Å². The molecule has 0 saturated heterocycles. The quantitative estimate of drug-likeness (QED) is 0.776. The second-order valence-electron chi connectivity index (χ2n) is 3.39. The first kappa shape index (κ1) is 13.8. The predicted octanol–water partition coefficient (Wildman–Crippen LogP) is 2.60. The molecule has 1 heterocycles. The van der Waals surface area contributed by atoms with Crippen molar-refractivity contribution in [3.63, 3.8) is 0 Å². The molecule has 4 nitrogen and oxygen atoms in total. The van der Waals surface area contributed by atoms with Gasteiger partial charge in [-0.3, -0.25) is 4.68 Å². The number of nitrogens with zero attached hydrogens (tertiary/aromatic N) is 2. The summed E-state index contributed by atoms with van der Waals surface area (Å²) in [6.45, 7) is 2.73. The molecule has 0 aliphatic carbocycles. The van der Waals surface area contributed by atoms with E-state index in [0.29, 0.717) is 0 Å². The van der Waals surface area contributed by atoms with Crippen LogP contribution in [0.3, 0.4) is 0 Å². The van der Waals surface area contributed by atoms with Gasteiger partial charge in [-0.15, -0.1) is 0 Å². The number of esters is 1. The van der Waals surface area contributed by atoms with Crippen LogP contribution in [0.4, 0.5) is 13.2 Å². The molecule has 0 aliphatic heterocycles. The Bertz CT molecular complexity index is 442. The van der Waals surface area contributed by atoms with E-state index < -0.39 is 28.9 Å². The lowest BCUT2D eigenvalue weighted by Crippen LogP contribution is -2.20. The number of aromatic nitrogens is 2. The molecule has 0 bridgehead atoms. The number of ether oxygens (including phenoxy) is 1. The number of hydrogen-bond acceptors (Lipinski definition) is 3. The first-order valence-electron chi connectivity index (χ1n) is 4.59. The van der Waals surface area contributed by atoms with Crippen LogP contribution >= 0.6 is 11.6 Å². The van der Waals surface area contributed by atoms with Crippen molar-refractivity contribution in [2.75, 3.05) is 7.11 Å². The van der Waals surface area contributed by atoms with Crippen LogP contribution in [0.15, 0.2) is 0 Å². The Labute approximate surface area is 100 Å². The van der Waals surface area contributed by atoms with Crippen molar-refractivity contribution in [1.82, 2.24) is 9.78 Å². The van der Waals surface area contributed by atoms with Gasteiger partial charge in [0, 0.05) is 0 Å². The van der Waals surface area contributed by atoms with E-state index in [1.54, 1.807) is 0 Å². The molecule has 1 aromatic rings. The van der Waals surface area contributed by atoms with E-state index in [4.69, 9.17) is 11.6 Å². The van der Waals surface area contributed by atoms with Crippen molar-refractivity contribution < 1.29 is 22.7 Å². The maximum atomic E-state index is 12.5. The minimum Gasteiger partial charge on any atom is -0.467 e. The highest BCUT2D eigenvalue weighted by Gasteiger charge is 2.39. The van der Waals surface area contributed by atoms with Gasteiger partial charge in [0.15, 0.2) is 5.69 Å². The zero-order valence-corrected chi connectivity index (χ0v) is 10.1. The minimum atomic E-state index is -4.65. The number of halogens is 4. The van der Waals surface area contributed by atoms with Crippen molar-refractivity contribution in [3.05, 3.63) is 16.4 Å². The lowest BCUT2D eigenvalue weighted by molar-refractivity contribution is -0.146. The minimum absolute atomic E-state index is 0.0666. The van der Waals surface area contributed by atoms with Gasteiger partial charge in [0.25, 0.3) is 0 Å². The largest absolute Gasteiger partial charge is 0.467 e. The highest BCUT2D eigenvalue weighted by atomic mass is 35.5. The van der Waals surface area contributed by atoms with E-state index in [2.05, 4.69) is 9.84 Å². The maximum Gasteiger partial charge on any atom is 0.436 e. The molecule has 0 saturated carbocycles. The fraction of sp³-hybridized carbons (Fsp3) is 0.556. The summed E-state index contributed by atoms with van der Waals surface area (Å²) >= 11 is 5.54. The monoisotopic (exact) mass is 270 g/mol. The van der Waals surface area contributed by atoms with E-state index in [0.717, 1.165) is 11.8 Å². The first-order chi connectivity index (χ1) is 7.70. The van der Waals surface area contributed by atoms with E-state index in [9.17, 15) is 18.0 Å². The van der Waals surface area contributed by atoms with Gasteiger partial charge in [0.05, 0.1) is 17.8 Å². The zero-order valence-electron chi connectivity index (χ0n) is 9.30. The third kappa shape index (κ3) is 2.54. The normalized spacial score (nSPS) is 13.6. The molecule has 1 atom stereocenters. The summed E-state index contributed by atoms with van der Waals surface area (Å²) in [7, 11) is 1.14. The highest BCUT2D eigenvalue weighted by molar-refractivity contribution is 6.32. The smallest absolute Gasteiger partial charge is 0.436 e. The van der Waals surface area contributed by atoms with Crippen LogP contribution in [0, 0.1) is 6.92 Å². The molecule has 0 spiro atoms. The highest BCUT2D eigenvalue weighted by Crippen LogP contribution is 2.36. The van der Waals surface area contributed by atoms with Gasteiger partial charge in [0.1, 0.15) is 6.04 Å². The van der Waals surface area contributed by atoms with Crippen molar-refractivity contribution in [1.29, 1.82) is 0 Å². The molecule has 96 valence electrons. The lowest BCUT2D eigenvalue weighted by Gasteiger charge is -2.11. The van der Waals surface area contributed by atoms with E-state index in [1.165, 1.54) is 13.8 Å². The van der Waals surface area contributed by atoms with Gasteiger partial charge in [-0.25, -0.2) is 4.79 Å². The van der Waals surface area contributed by atoms with Crippen LogP contribution in [0.1, 0.15) is 24.4 Å². The number of alkyl halides is 3. The molecule has 0 N–H and O–H groups in total. The fourth-order valence-electron chi connectivity index (χ4n) is 1.33. The average Bonchev–Trinajstić information content (AvgIpc) is 2.53. The molecular weight excluding hydrogens is 261 g/mol. The second kappa shape index (κ2) is 4.56. The Morgan fingerprint density at radius 2 is 2.06 bits per heavy atom. The van der Waals surface area contributed by atoms with Crippen LogP contribution in [-0.2, 0) is 15.7 Å². The third-order valence-corrected chi connectivity index (χ3v) is 2.71. The van der Waals surface area contributed by atoms with Gasteiger partial charge in [-0.1, -0.05) is 11.6 Å². The predicted molar refractivity (Wildman–Crippen MR) is 53.7 cm³/mol. The standard InChI is InChI=1S/C9H10ClF3N2O2/c1-4-6(10)7(9(11,12)13)14-15(4)5(2)8(16)17-3/h5H,1-3H3/t5-/m1/s1. The molecule has 0 amide bonds. The van der Waals surface area contributed by atoms with Crippen LogP contribution in [0.25, 0.3) is 0 Å². The van der Waals surface area contributed by atoms with Crippen molar-refractivity contribution in [2.45, 2.75) is 26.1 Å². The summed E-state index contributed by atoms with van der Waals surface area (Å²) in [6, 6.07) is -0.964. The Balaban J connectivity index is 3.25. The maximum absolute atomic E-state index is 12.5. The third-order valence-electron chi connectivity index (χ3n) is 2.25. The molecule has 0 unspecified atom stereocenters. The second-order valence-corrected chi connectivity index (χ2v) is 3.77. The van der Waals surface area contributed by atoms with Gasteiger partial charge in [-0.2, -0.15) is 18.3 Å². The molecule has 0 fully saturated rings. The van der Waals surface area contributed by atoms with E-state index >= 15 is 0 Å². The Morgan fingerprint density at radius 1 is 1.53 bits per heavy atom. The van der Waals surface area contributed by atoms with Crippen LogP contribution < -0.4 is 0 Å². The van der Waals surface area contributed by atoms with Crippen molar-refractivity contribution in [3.8, 4) is 0 Å². The molecule has 0 aliphatic rings. The zero-order chi connectivity index (χ0) is 13.4. The number of carbonyl (C=O) groups is 1. The molecule has 17 heavy (non-hydrogen) atoms. The summed E-state index contributed by atoms with van der Waals surface area (Å²) in [5.41, 5.74) is -1.13. The SMILES string of the molecule is COC(=O)[C@@H](C)n1nc(C(F)(F)F)c(Cl)c1C. The molecule has 8 heteroatoms. The summed E-state index contributed by atoms with van der Waals surface area (Å²) in [5.74, 6) is -0.694. The number of hydrogen-bond donors (Lipinski definition) is 0. The summed E-state index contributed by atoms with van der Waals surface area (Å²) in [5, 5.41) is 2.80. The Kier molecular flexibility index (Phi) is 3.71. The average molecular weight is 271 g/mol. The number of carbonyl (C=O) groups excluding carboxylic acids is 1. The van der Waals surface area contributed by atoms with Crippen molar-refractivity contribution in [2.24, 2.45) is 0 Å². The summed E-state index contributed by atoms with van der Waals surface area (Å²) in [4.78, 5) is 11.2. The van der Waals surface area contributed by atoms with Gasteiger partial charge < -0.3 is 4.74 Å². The van der Waals surface area contributed by atoms with Crippen LogP contribution in [0.2, 0.25) is 5.02 Å². The first-order valence-corrected chi connectivity index (χ1v) is 4.97. The molecular formula is C9H10ClF3N2O2. The summed E-state index contributed by atoms with van der Waals surface area (Å²) < 4.78 is 42.9. The Morgan fingerprint density at radius 3 is 2.41 bits per heavy atom. The van der Waals surface area contributed by atoms with Crippen molar-refractivity contribution >= 4 is 17.6 Å². The molecule has 1 aromatic heterocycles. The van der Waals surface area contributed by atoms with Gasteiger partial charge >= 0.3 is 12.1 Å². The molecule has 0 radical (unpaired) electrons. The molecule has 1 rings (SSSR count). The number of methoxy groups -OCH3 is 1.